The molecule has 0 saturated heterocycles. The van der Waals surface area contributed by atoms with E-state index in [0.29, 0.717) is 5.56 Å². The van der Waals surface area contributed by atoms with Gasteiger partial charge in [0.05, 0.1) is 12.3 Å². The number of halogens is 1. The van der Waals surface area contributed by atoms with Gasteiger partial charge in [0.25, 0.3) is 0 Å². The minimum Gasteiger partial charge on any atom is -0.411 e. The molecule has 8 nitrogen and oxygen atoms in total. The number of aromatic nitrogens is 2. The van der Waals surface area contributed by atoms with Crippen LogP contribution in [0.2, 0.25) is 0 Å². The van der Waals surface area contributed by atoms with Crippen LogP contribution in [0.25, 0.3) is 0 Å². The Morgan fingerprint density at radius 3 is 2.32 bits per heavy atom. The SMILES string of the molecule is CS(=O)(=O)c1nnc(CNS(=O)(=O)Cc2ccc(F)cc2)o1. The van der Waals surface area contributed by atoms with E-state index in [9.17, 15) is 21.2 Å². The monoisotopic (exact) mass is 349 g/mol. The van der Waals surface area contributed by atoms with Gasteiger partial charge < -0.3 is 4.42 Å². The maximum absolute atomic E-state index is 12.7. The first-order valence-corrected chi connectivity index (χ1v) is 9.44. The Hall–Kier alpha value is -1.85. The van der Waals surface area contributed by atoms with Crippen molar-refractivity contribution in [3.05, 3.63) is 41.5 Å². The van der Waals surface area contributed by atoms with E-state index in [1.165, 1.54) is 12.1 Å². The average molecular weight is 349 g/mol. The Kier molecular flexibility index (Phi) is 4.58. The number of rotatable bonds is 6. The van der Waals surface area contributed by atoms with Crippen molar-refractivity contribution >= 4 is 19.9 Å². The van der Waals surface area contributed by atoms with Crippen LogP contribution in [0, 0.1) is 5.82 Å². The van der Waals surface area contributed by atoms with Crippen LogP contribution in [0.3, 0.4) is 0 Å². The van der Waals surface area contributed by atoms with E-state index in [1.807, 2.05) is 0 Å². The van der Waals surface area contributed by atoms with Crippen molar-refractivity contribution in [1.29, 1.82) is 0 Å². The Bertz CT molecular complexity index is 859. The second-order valence-electron chi connectivity index (χ2n) is 4.44. The molecule has 0 saturated carbocycles. The quantitative estimate of drug-likeness (QED) is 0.793. The van der Waals surface area contributed by atoms with Crippen LogP contribution in [0.4, 0.5) is 4.39 Å². The molecule has 0 bridgehead atoms. The maximum Gasteiger partial charge on any atom is 0.335 e. The Balaban J connectivity index is 2.00. The number of sulfone groups is 1. The molecule has 1 aromatic carbocycles. The number of nitrogens with zero attached hydrogens (tertiary/aromatic N) is 2. The molecule has 0 aliphatic carbocycles. The molecule has 22 heavy (non-hydrogen) atoms. The third-order valence-corrected chi connectivity index (χ3v) is 4.58. The van der Waals surface area contributed by atoms with Gasteiger partial charge in [-0.25, -0.2) is 25.9 Å². The largest absolute Gasteiger partial charge is 0.411 e. The first-order valence-electron chi connectivity index (χ1n) is 5.90. The second-order valence-corrected chi connectivity index (χ2v) is 8.14. The van der Waals surface area contributed by atoms with Gasteiger partial charge in [-0.05, 0) is 17.7 Å². The van der Waals surface area contributed by atoms with E-state index in [2.05, 4.69) is 14.9 Å². The Labute approximate surface area is 126 Å². The summed E-state index contributed by atoms with van der Waals surface area (Å²) in [6.45, 7) is -0.341. The molecule has 1 heterocycles. The highest BCUT2D eigenvalue weighted by Gasteiger charge is 2.18. The summed E-state index contributed by atoms with van der Waals surface area (Å²) < 4.78 is 65.8. The topological polar surface area (TPSA) is 119 Å². The van der Waals surface area contributed by atoms with Crippen LogP contribution in [-0.2, 0) is 32.2 Å². The number of benzene rings is 1. The molecule has 0 amide bonds. The lowest BCUT2D eigenvalue weighted by Gasteiger charge is -2.04. The van der Waals surface area contributed by atoms with Crippen LogP contribution < -0.4 is 4.72 Å². The van der Waals surface area contributed by atoms with Gasteiger partial charge in [0.15, 0.2) is 0 Å². The van der Waals surface area contributed by atoms with Crippen LogP contribution in [0.1, 0.15) is 11.5 Å². The number of nitrogens with one attached hydrogen (secondary N) is 1. The summed E-state index contributed by atoms with van der Waals surface area (Å²) in [7, 11) is -7.36. The lowest BCUT2D eigenvalue weighted by atomic mass is 10.2. The molecular formula is C11H12FN3O5S2. The van der Waals surface area contributed by atoms with E-state index in [4.69, 9.17) is 4.42 Å². The van der Waals surface area contributed by atoms with Crippen molar-refractivity contribution in [3.63, 3.8) is 0 Å². The molecular weight excluding hydrogens is 337 g/mol. The van der Waals surface area contributed by atoms with Crippen LogP contribution in [0.5, 0.6) is 0 Å². The molecule has 1 N–H and O–H groups in total. The van der Waals surface area contributed by atoms with Gasteiger partial charge in [0, 0.05) is 6.26 Å². The molecule has 0 spiro atoms. The zero-order chi connectivity index (χ0) is 16.4. The van der Waals surface area contributed by atoms with Crippen molar-refractivity contribution in [2.75, 3.05) is 6.26 Å². The highest BCUT2D eigenvalue weighted by atomic mass is 32.2. The van der Waals surface area contributed by atoms with E-state index >= 15 is 0 Å². The summed E-state index contributed by atoms with van der Waals surface area (Å²) in [5.74, 6) is -1.00. The Morgan fingerprint density at radius 1 is 1.14 bits per heavy atom. The molecule has 2 rings (SSSR count). The predicted octanol–water partition coefficient (Wildman–Crippen LogP) is 0.232. The molecule has 0 radical (unpaired) electrons. The zero-order valence-corrected chi connectivity index (χ0v) is 13.0. The van der Waals surface area contributed by atoms with Crippen molar-refractivity contribution in [3.8, 4) is 0 Å². The fraction of sp³-hybridized carbons (Fsp3) is 0.273. The van der Waals surface area contributed by atoms with Crippen molar-refractivity contribution < 1.29 is 25.6 Å². The summed E-state index contributed by atoms with van der Waals surface area (Å²) in [5, 5.41) is 6.15. The molecule has 0 fully saturated rings. The first-order chi connectivity index (χ1) is 10.2. The van der Waals surface area contributed by atoms with Gasteiger partial charge in [0.2, 0.25) is 25.8 Å². The standard InChI is InChI=1S/C11H12FN3O5S2/c1-21(16,17)11-15-14-10(20-11)6-13-22(18,19)7-8-2-4-9(12)5-3-8/h2-5,13H,6-7H2,1H3. The zero-order valence-electron chi connectivity index (χ0n) is 11.4. The summed E-state index contributed by atoms with van der Waals surface area (Å²) in [4.78, 5) is 0. The molecule has 0 atom stereocenters. The third-order valence-electron chi connectivity index (χ3n) is 2.48. The van der Waals surface area contributed by atoms with Gasteiger partial charge in [-0.2, -0.15) is 0 Å². The summed E-state index contributed by atoms with van der Waals surface area (Å²) in [5.41, 5.74) is 0.399. The molecule has 120 valence electrons. The smallest absolute Gasteiger partial charge is 0.335 e. The molecule has 0 aliphatic heterocycles. The second kappa shape index (κ2) is 6.10. The third kappa shape index (κ3) is 4.58. The van der Waals surface area contributed by atoms with Crippen molar-refractivity contribution in [2.45, 2.75) is 17.5 Å². The number of hydrogen-bond acceptors (Lipinski definition) is 7. The lowest BCUT2D eigenvalue weighted by molar-refractivity contribution is 0.394. The maximum atomic E-state index is 12.7. The highest BCUT2D eigenvalue weighted by molar-refractivity contribution is 7.90. The van der Waals surface area contributed by atoms with Crippen molar-refractivity contribution in [1.82, 2.24) is 14.9 Å². The van der Waals surface area contributed by atoms with Gasteiger partial charge in [-0.1, -0.05) is 17.2 Å². The lowest BCUT2D eigenvalue weighted by Crippen LogP contribution is -2.24. The van der Waals surface area contributed by atoms with E-state index in [0.717, 1.165) is 18.4 Å². The highest BCUT2D eigenvalue weighted by Crippen LogP contribution is 2.09. The van der Waals surface area contributed by atoms with E-state index in [-0.39, 0.29) is 18.2 Å². The van der Waals surface area contributed by atoms with E-state index in [1.54, 1.807) is 0 Å². The fourth-order valence-corrected chi connectivity index (χ4v) is 3.00. The number of sulfonamides is 1. The fourth-order valence-electron chi connectivity index (χ4n) is 1.48. The van der Waals surface area contributed by atoms with Crippen molar-refractivity contribution in [2.24, 2.45) is 0 Å². The first kappa shape index (κ1) is 16.5. The van der Waals surface area contributed by atoms with Gasteiger partial charge in [-0.3, -0.25) is 0 Å². The van der Waals surface area contributed by atoms with E-state index < -0.39 is 30.9 Å². The van der Waals surface area contributed by atoms with Crippen LogP contribution >= 0.6 is 0 Å². The van der Waals surface area contributed by atoms with Crippen LogP contribution in [0.15, 0.2) is 33.9 Å². The molecule has 11 heteroatoms. The predicted molar refractivity (Wildman–Crippen MR) is 73.3 cm³/mol. The molecule has 2 aromatic rings. The Morgan fingerprint density at radius 2 is 1.77 bits per heavy atom. The number of hydrogen-bond donors (Lipinski definition) is 1. The normalized spacial score (nSPS) is 12.5. The summed E-state index contributed by atoms with van der Waals surface area (Å²) >= 11 is 0. The minimum atomic E-state index is -3.72. The summed E-state index contributed by atoms with van der Waals surface area (Å²) in [6, 6.07) is 5.01. The van der Waals surface area contributed by atoms with Gasteiger partial charge in [0.1, 0.15) is 5.82 Å². The molecule has 0 aliphatic rings. The molecule has 0 unspecified atom stereocenters. The minimum absolute atomic E-state index is 0.178. The summed E-state index contributed by atoms with van der Waals surface area (Å²) in [6.07, 6.45) is 0.892. The molecule has 1 aromatic heterocycles. The van der Waals surface area contributed by atoms with Gasteiger partial charge >= 0.3 is 5.22 Å². The van der Waals surface area contributed by atoms with Crippen LogP contribution in [-0.4, -0.2) is 33.3 Å². The average Bonchev–Trinajstić information content (AvgIpc) is 2.88. The van der Waals surface area contributed by atoms with Gasteiger partial charge in [-0.15, -0.1) is 5.10 Å².